The van der Waals surface area contributed by atoms with Crippen LogP contribution in [0.25, 0.3) is 0 Å². The first-order chi connectivity index (χ1) is 11.1. The number of hydrogen-bond donors (Lipinski definition) is 2. The molecule has 7 heteroatoms. The van der Waals surface area contributed by atoms with Crippen molar-refractivity contribution in [3.63, 3.8) is 0 Å². The van der Waals surface area contributed by atoms with Crippen molar-refractivity contribution in [2.45, 2.75) is 50.5 Å². The van der Waals surface area contributed by atoms with Gasteiger partial charge in [0.1, 0.15) is 5.82 Å². The van der Waals surface area contributed by atoms with E-state index in [0.717, 1.165) is 18.4 Å². The van der Waals surface area contributed by atoms with Crippen molar-refractivity contribution in [1.29, 1.82) is 0 Å². The number of aromatic nitrogens is 4. The lowest BCUT2D eigenvalue weighted by molar-refractivity contribution is -0.116. The van der Waals surface area contributed by atoms with Crippen LogP contribution in [0.2, 0.25) is 0 Å². The highest BCUT2D eigenvalue weighted by atomic mass is 16.2. The number of amides is 1. The van der Waals surface area contributed by atoms with E-state index in [-0.39, 0.29) is 29.8 Å². The Morgan fingerprint density at radius 2 is 2.00 bits per heavy atom. The predicted molar refractivity (Wildman–Crippen MR) is 85.5 cm³/mol. The Kier molecular flexibility index (Phi) is 3.36. The van der Waals surface area contributed by atoms with Crippen molar-refractivity contribution in [2.24, 2.45) is 7.05 Å². The summed E-state index contributed by atoms with van der Waals surface area (Å²) in [4.78, 5) is 24.8. The molecule has 1 amide bonds. The summed E-state index contributed by atoms with van der Waals surface area (Å²) in [6.07, 6.45) is 9.58. The highest BCUT2D eigenvalue weighted by molar-refractivity contribution is 5.94. The summed E-state index contributed by atoms with van der Waals surface area (Å²) in [6.45, 7) is 0. The van der Waals surface area contributed by atoms with Gasteiger partial charge in [-0.05, 0) is 18.4 Å². The topological polar surface area (TPSA) is 84.7 Å². The zero-order valence-corrected chi connectivity index (χ0v) is 13.2. The summed E-state index contributed by atoms with van der Waals surface area (Å²) in [5.41, 5.74) is 1.48. The number of H-pyrrole nitrogens is 1. The molecule has 23 heavy (non-hydrogen) atoms. The van der Waals surface area contributed by atoms with E-state index in [2.05, 4.69) is 15.5 Å². The molecule has 1 aliphatic heterocycles. The molecule has 2 N–H and O–H groups in total. The zero-order valence-electron chi connectivity index (χ0n) is 13.2. The van der Waals surface area contributed by atoms with E-state index < -0.39 is 0 Å². The van der Waals surface area contributed by atoms with Crippen molar-refractivity contribution < 1.29 is 4.79 Å². The Bertz CT molecular complexity index is 794. The normalized spacial score (nSPS) is 22.0. The Morgan fingerprint density at radius 3 is 2.70 bits per heavy atom. The summed E-state index contributed by atoms with van der Waals surface area (Å²) < 4.78 is 3.60. The molecule has 4 rings (SSSR count). The Balaban J connectivity index is 1.80. The van der Waals surface area contributed by atoms with Crippen molar-refractivity contribution in [3.8, 4) is 0 Å². The molecule has 0 bridgehead atoms. The van der Waals surface area contributed by atoms with Gasteiger partial charge >= 0.3 is 0 Å². The number of aryl methyl sites for hydroxylation is 1. The predicted octanol–water partition coefficient (Wildman–Crippen LogP) is 1.89. The molecular formula is C16H21N5O2. The second-order valence-corrected chi connectivity index (χ2v) is 6.62. The van der Waals surface area contributed by atoms with Gasteiger partial charge in [0, 0.05) is 25.6 Å². The van der Waals surface area contributed by atoms with E-state index >= 15 is 0 Å². The van der Waals surface area contributed by atoms with Crippen LogP contribution in [-0.2, 0) is 11.8 Å². The number of hydrogen-bond acceptors (Lipinski definition) is 3. The average molecular weight is 315 g/mol. The van der Waals surface area contributed by atoms with Gasteiger partial charge in [0.2, 0.25) is 5.91 Å². The van der Waals surface area contributed by atoms with Gasteiger partial charge < -0.3 is 5.32 Å². The summed E-state index contributed by atoms with van der Waals surface area (Å²) >= 11 is 0. The molecule has 1 unspecified atom stereocenters. The fourth-order valence-electron chi connectivity index (χ4n) is 3.90. The summed E-state index contributed by atoms with van der Waals surface area (Å²) in [5.74, 6) is 0.392. The zero-order chi connectivity index (χ0) is 16.0. The maximum Gasteiger partial charge on any atom is 0.270 e. The number of nitrogens with one attached hydrogen (secondary N) is 2. The third-order valence-electron chi connectivity index (χ3n) is 5.03. The van der Waals surface area contributed by atoms with Crippen LogP contribution in [0.1, 0.15) is 61.6 Å². The third kappa shape index (κ3) is 2.40. The quantitative estimate of drug-likeness (QED) is 0.887. The number of nitrogens with zero attached hydrogens (tertiary/aromatic N) is 3. The maximum absolute atomic E-state index is 12.6. The molecule has 7 nitrogen and oxygen atoms in total. The van der Waals surface area contributed by atoms with Gasteiger partial charge in [-0.15, -0.1) is 0 Å². The lowest BCUT2D eigenvalue weighted by Gasteiger charge is -2.27. The van der Waals surface area contributed by atoms with Crippen LogP contribution in [0.15, 0.2) is 17.2 Å². The van der Waals surface area contributed by atoms with Crippen LogP contribution < -0.4 is 10.9 Å². The van der Waals surface area contributed by atoms with Crippen molar-refractivity contribution in [3.05, 3.63) is 33.9 Å². The smallest absolute Gasteiger partial charge is 0.270 e. The van der Waals surface area contributed by atoms with Crippen LogP contribution in [-0.4, -0.2) is 25.5 Å². The second kappa shape index (κ2) is 5.40. The highest BCUT2D eigenvalue weighted by Gasteiger charge is 2.34. The molecule has 0 saturated heterocycles. The minimum Gasteiger partial charge on any atom is -0.311 e. The number of carbonyl (C=O) groups excluding carboxylic acids is 1. The number of aromatic amines is 1. The van der Waals surface area contributed by atoms with Gasteiger partial charge in [0.15, 0.2) is 0 Å². The second-order valence-electron chi connectivity index (χ2n) is 6.62. The molecule has 1 atom stereocenters. The monoisotopic (exact) mass is 315 g/mol. The van der Waals surface area contributed by atoms with Crippen LogP contribution in [0.5, 0.6) is 0 Å². The molecule has 3 heterocycles. The Morgan fingerprint density at radius 1 is 1.22 bits per heavy atom. The maximum atomic E-state index is 12.6. The van der Waals surface area contributed by atoms with Crippen molar-refractivity contribution in [2.75, 3.05) is 5.32 Å². The first kappa shape index (κ1) is 14.3. The number of rotatable bonds is 2. The SMILES string of the molecule is Cn1cc(C2CC(=O)Nc3c2c(=O)[nH]n3C2CCCCC2)cn1. The molecular weight excluding hydrogens is 294 g/mol. The summed E-state index contributed by atoms with van der Waals surface area (Å²) in [7, 11) is 1.84. The fourth-order valence-corrected chi connectivity index (χ4v) is 3.90. The molecule has 0 spiro atoms. The van der Waals surface area contributed by atoms with Crippen LogP contribution in [0.3, 0.4) is 0 Å². The van der Waals surface area contributed by atoms with Gasteiger partial charge in [-0.1, -0.05) is 19.3 Å². The van der Waals surface area contributed by atoms with Gasteiger partial charge in [-0.25, -0.2) is 0 Å². The van der Waals surface area contributed by atoms with E-state index in [4.69, 9.17) is 0 Å². The molecule has 2 aliphatic rings. The van der Waals surface area contributed by atoms with Crippen LogP contribution in [0.4, 0.5) is 5.82 Å². The molecule has 0 radical (unpaired) electrons. The Labute approximate surface area is 133 Å². The highest BCUT2D eigenvalue weighted by Crippen LogP contribution is 2.38. The summed E-state index contributed by atoms with van der Waals surface area (Å²) in [5, 5.41) is 10.1. The van der Waals surface area contributed by atoms with E-state index in [9.17, 15) is 9.59 Å². The number of carbonyl (C=O) groups is 1. The standard InChI is InChI=1S/C16H21N5O2/c1-20-9-10(8-17-20)12-7-13(22)18-15-14(12)16(23)19-21(15)11-5-3-2-4-6-11/h8-9,11-12H,2-7H2,1H3,(H,18,22)(H,19,23). The van der Waals surface area contributed by atoms with Crippen molar-refractivity contribution in [1.82, 2.24) is 19.6 Å². The van der Waals surface area contributed by atoms with Crippen molar-refractivity contribution >= 4 is 11.7 Å². The first-order valence-electron chi connectivity index (χ1n) is 8.26. The molecule has 0 aromatic carbocycles. The van der Waals surface area contributed by atoms with Gasteiger partial charge in [-0.3, -0.25) is 24.1 Å². The first-order valence-corrected chi connectivity index (χ1v) is 8.26. The minimum atomic E-state index is -0.221. The van der Waals surface area contributed by atoms with Crippen LogP contribution >= 0.6 is 0 Å². The number of fused-ring (bicyclic) bond motifs is 1. The molecule has 1 fully saturated rings. The molecule has 1 aliphatic carbocycles. The molecule has 2 aromatic heterocycles. The lowest BCUT2D eigenvalue weighted by atomic mass is 9.89. The largest absolute Gasteiger partial charge is 0.311 e. The third-order valence-corrected chi connectivity index (χ3v) is 5.03. The van der Waals surface area contributed by atoms with Gasteiger partial charge in [0.05, 0.1) is 17.8 Å². The van der Waals surface area contributed by atoms with E-state index in [1.54, 1.807) is 10.9 Å². The van der Waals surface area contributed by atoms with E-state index in [1.807, 2.05) is 17.9 Å². The summed E-state index contributed by atoms with van der Waals surface area (Å²) in [6, 6.07) is 0.271. The molecule has 1 saturated carbocycles. The minimum absolute atomic E-state index is 0.0464. The Hall–Kier alpha value is -2.31. The number of anilines is 1. The molecule has 2 aromatic rings. The van der Waals surface area contributed by atoms with E-state index in [1.165, 1.54) is 19.3 Å². The molecule has 122 valence electrons. The van der Waals surface area contributed by atoms with Gasteiger partial charge in [0.25, 0.3) is 5.56 Å². The fraction of sp³-hybridized carbons (Fsp3) is 0.562. The van der Waals surface area contributed by atoms with Crippen LogP contribution in [0, 0.1) is 0 Å². The lowest BCUT2D eigenvalue weighted by Crippen LogP contribution is -2.27. The average Bonchev–Trinajstić information content (AvgIpc) is 3.12. The van der Waals surface area contributed by atoms with Gasteiger partial charge in [-0.2, -0.15) is 5.10 Å². The van der Waals surface area contributed by atoms with E-state index in [0.29, 0.717) is 11.4 Å².